The average molecular weight is 266 g/mol. The molecule has 1 N–H and O–H groups in total. The first kappa shape index (κ1) is 12.5. The largest absolute Gasteiger partial charge is 0.481 e. The molecule has 6 heteroatoms. The van der Waals surface area contributed by atoms with Crippen molar-refractivity contribution in [3.8, 4) is 5.75 Å². The zero-order valence-corrected chi connectivity index (χ0v) is 10.4. The first-order valence-electron chi connectivity index (χ1n) is 5.28. The van der Waals surface area contributed by atoms with Gasteiger partial charge in [0.1, 0.15) is 11.6 Å². The number of ether oxygens (including phenoxy) is 1. The van der Waals surface area contributed by atoms with Crippen LogP contribution in [-0.2, 0) is 4.79 Å². The van der Waals surface area contributed by atoms with E-state index in [1.807, 2.05) is 0 Å². The molecule has 18 heavy (non-hydrogen) atoms. The van der Waals surface area contributed by atoms with Crippen LogP contribution in [0.1, 0.15) is 6.92 Å². The Morgan fingerprint density at radius 3 is 3.06 bits per heavy atom. The predicted octanol–water partition coefficient (Wildman–Crippen LogP) is 2.69. The number of halogens is 1. The van der Waals surface area contributed by atoms with Crippen molar-refractivity contribution in [1.29, 1.82) is 0 Å². The Bertz CT molecular complexity index is 531. The lowest BCUT2D eigenvalue weighted by Gasteiger charge is -2.13. The van der Waals surface area contributed by atoms with Gasteiger partial charge in [0.15, 0.2) is 11.2 Å². The van der Waals surface area contributed by atoms with Crippen molar-refractivity contribution in [2.75, 3.05) is 5.32 Å². The number of thiazole rings is 1. The zero-order valence-electron chi connectivity index (χ0n) is 9.59. The summed E-state index contributed by atoms with van der Waals surface area (Å²) in [5, 5.41) is 4.87. The Hall–Kier alpha value is -1.95. The second kappa shape index (κ2) is 5.59. The van der Waals surface area contributed by atoms with E-state index in [2.05, 4.69) is 10.3 Å². The number of anilines is 1. The maximum atomic E-state index is 12.9. The predicted molar refractivity (Wildman–Crippen MR) is 67.2 cm³/mol. The van der Waals surface area contributed by atoms with Gasteiger partial charge in [0, 0.05) is 17.6 Å². The van der Waals surface area contributed by atoms with E-state index in [1.54, 1.807) is 24.6 Å². The Morgan fingerprint density at radius 1 is 1.56 bits per heavy atom. The summed E-state index contributed by atoms with van der Waals surface area (Å²) in [6, 6.07) is 5.66. The molecule has 1 aromatic heterocycles. The van der Waals surface area contributed by atoms with Crippen molar-refractivity contribution in [2.24, 2.45) is 0 Å². The van der Waals surface area contributed by atoms with Crippen molar-refractivity contribution in [1.82, 2.24) is 4.98 Å². The first-order valence-corrected chi connectivity index (χ1v) is 6.15. The molecule has 0 fully saturated rings. The van der Waals surface area contributed by atoms with Crippen LogP contribution in [0, 0.1) is 5.82 Å². The lowest BCUT2D eigenvalue weighted by atomic mass is 10.3. The highest BCUT2D eigenvalue weighted by atomic mass is 32.1. The third-order valence-electron chi connectivity index (χ3n) is 2.14. The third kappa shape index (κ3) is 3.27. The smallest absolute Gasteiger partial charge is 0.266 e. The van der Waals surface area contributed by atoms with Gasteiger partial charge >= 0.3 is 0 Å². The molecule has 0 spiro atoms. The second-order valence-electron chi connectivity index (χ2n) is 3.54. The number of hydrogen-bond acceptors (Lipinski definition) is 4. The van der Waals surface area contributed by atoms with E-state index in [0.717, 1.165) is 0 Å². The van der Waals surface area contributed by atoms with Crippen molar-refractivity contribution < 1.29 is 13.9 Å². The lowest BCUT2D eigenvalue weighted by molar-refractivity contribution is -0.122. The lowest BCUT2D eigenvalue weighted by Crippen LogP contribution is -2.30. The summed E-state index contributed by atoms with van der Waals surface area (Å²) in [4.78, 5) is 15.7. The van der Waals surface area contributed by atoms with Crippen LogP contribution in [-0.4, -0.2) is 17.0 Å². The van der Waals surface area contributed by atoms with E-state index in [1.165, 1.54) is 29.5 Å². The number of nitrogens with zero attached hydrogens (tertiary/aromatic N) is 1. The summed E-state index contributed by atoms with van der Waals surface area (Å²) >= 11 is 1.32. The fourth-order valence-electron chi connectivity index (χ4n) is 1.29. The number of amides is 1. The molecule has 94 valence electrons. The van der Waals surface area contributed by atoms with Gasteiger partial charge in [-0.3, -0.25) is 10.1 Å². The molecular weight excluding hydrogens is 255 g/mol. The molecular formula is C12H11FN2O2S. The van der Waals surface area contributed by atoms with Crippen LogP contribution in [0.4, 0.5) is 9.52 Å². The van der Waals surface area contributed by atoms with Gasteiger partial charge in [-0.2, -0.15) is 0 Å². The first-order chi connectivity index (χ1) is 8.65. The van der Waals surface area contributed by atoms with Gasteiger partial charge in [-0.15, -0.1) is 11.3 Å². The standard InChI is InChI=1S/C12H11FN2O2S/c1-8(11(16)15-12-14-5-6-18-12)17-10-4-2-3-9(13)7-10/h2-8H,1H3,(H,14,15,16)/t8-/m0/s1. The van der Waals surface area contributed by atoms with Crippen molar-refractivity contribution in [3.05, 3.63) is 41.7 Å². The van der Waals surface area contributed by atoms with Crippen LogP contribution in [0.15, 0.2) is 35.8 Å². The maximum Gasteiger partial charge on any atom is 0.266 e. The van der Waals surface area contributed by atoms with Gasteiger partial charge in [0.2, 0.25) is 0 Å². The molecule has 4 nitrogen and oxygen atoms in total. The molecule has 1 amide bonds. The summed E-state index contributed by atoms with van der Waals surface area (Å²) in [7, 11) is 0. The molecule has 0 aliphatic carbocycles. The van der Waals surface area contributed by atoms with E-state index in [-0.39, 0.29) is 5.91 Å². The highest BCUT2D eigenvalue weighted by molar-refractivity contribution is 7.13. The molecule has 0 unspecified atom stereocenters. The maximum absolute atomic E-state index is 12.9. The van der Waals surface area contributed by atoms with E-state index in [9.17, 15) is 9.18 Å². The number of aromatic nitrogens is 1. The average Bonchev–Trinajstić information content (AvgIpc) is 2.81. The summed E-state index contributed by atoms with van der Waals surface area (Å²) in [5.74, 6) is -0.411. The Balaban J connectivity index is 1.95. The monoisotopic (exact) mass is 266 g/mol. The normalized spacial score (nSPS) is 11.9. The molecule has 1 aromatic carbocycles. The summed E-state index contributed by atoms with van der Waals surface area (Å²) in [6.45, 7) is 1.59. The molecule has 2 aromatic rings. The second-order valence-corrected chi connectivity index (χ2v) is 4.44. The van der Waals surface area contributed by atoms with E-state index >= 15 is 0 Å². The van der Waals surface area contributed by atoms with Crippen LogP contribution in [0.3, 0.4) is 0 Å². The molecule has 0 bridgehead atoms. The van der Waals surface area contributed by atoms with Crippen molar-refractivity contribution in [2.45, 2.75) is 13.0 Å². The summed E-state index contributed by atoms with van der Waals surface area (Å²) in [6.07, 6.45) is 0.869. The molecule has 0 radical (unpaired) electrons. The SMILES string of the molecule is C[C@H](Oc1cccc(F)c1)C(=O)Nc1nccs1. The minimum atomic E-state index is -0.726. The summed E-state index contributed by atoms with van der Waals surface area (Å²) in [5.41, 5.74) is 0. The number of hydrogen-bond donors (Lipinski definition) is 1. The highest BCUT2D eigenvalue weighted by Gasteiger charge is 2.15. The third-order valence-corrected chi connectivity index (χ3v) is 2.83. The molecule has 1 heterocycles. The van der Waals surface area contributed by atoms with Crippen LogP contribution < -0.4 is 10.1 Å². The Kier molecular flexibility index (Phi) is 3.88. The van der Waals surface area contributed by atoms with Gasteiger partial charge < -0.3 is 4.74 Å². The summed E-state index contributed by atoms with van der Waals surface area (Å²) < 4.78 is 18.3. The van der Waals surface area contributed by atoms with Crippen molar-refractivity contribution in [3.63, 3.8) is 0 Å². The number of carbonyl (C=O) groups excluding carboxylic acids is 1. The van der Waals surface area contributed by atoms with Gasteiger partial charge in [0.05, 0.1) is 0 Å². The fraction of sp³-hybridized carbons (Fsp3) is 0.167. The van der Waals surface area contributed by atoms with Crippen molar-refractivity contribution >= 4 is 22.4 Å². The van der Waals surface area contributed by atoms with Crippen LogP contribution in [0.2, 0.25) is 0 Å². The quantitative estimate of drug-likeness (QED) is 0.925. The van der Waals surface area contributed by atoms with Crippen LogP contribution in [0.25, 0.3) is 0 Å². The van der Waals surface area contributed by atoms with Gasteiger partial charge in [-0.05, 0) is 19.1 Å². The Labute approximate surface area is 107 Å². The van der Waals surface area contributed by atoms with Gasteiger partial charge in [-0.1, -0.05) is 6.07 Å². The zero-order chi connectivity index (χ0) is 13.0. The molecule has 0 saturated carbocycles. The minimum absolute atomic E-state index is 0.316. The topological polar surface area (TPSA) is 51.2 Å². The Morgan fingerprint density at radius 2 is 2.39 bits per heavy atom. The van der Waals surface area contributed by atoms with Crippen LogP contribution >= 0.6 is 11.3 Å². The molecule has 0 aliphatic heterocycles. The number of rotatable bonds is 4. The highest BCUT2D eigenvalue weighted by Crippen LogP contribution is 2.15. The number of carbonyl (C=O) groups is 1. The van der Waals surface area contributed by atoms with Gasteiger partial charge in [-0.25, -0.2) is 9.37 Å². The molecule has 0 saturated heterocycles. The molecule has 1 atom stereocenters. The van der Waals surface area contributed by atoms with E-state index in [4.69, 9.17) is 4.74 Å². The van der Waals surface area contributed by atoms with E-state index < -0.39 is 11.9 Å². The fourth-order valence-corrected chi connectivity index (χ4v) is 1.82. The number of benzene rings is 1. The van der Waals surface area contributed by atoms with Gasteiger partial charge in [0.25, 0.3) is 5.91 Å². The molecule has 0 aliphatic rings. The van der Waals surface area contributed by atoms with Crippen LogP contribution in [0.5, 0.6) is 5.75 Å². The molecule has 2 rings (SSSR count). The minimum Gasteiger partial charge on any atom is -0.481 e. The van der Waals surface area contributed by atoms with E-state index in [0.29, 0.717) is 10.9 Å². The number of nitrogens with one attached hydrogen (secondary N) is 1.